The van der Waals surface area contributed by atoms with Crippen LogP contribution in [0.4, 0.5) is 4.39 Å². The number of aromatic hydroxyl groups is 1. The molecule has 78 valence electrons. The van der Waals surface area contributed by atoms with E-state index >= 15 is 0 Å². The average molecular weight is 218 g/mol. The van der Waals surface area contributed by atoms with Crippen molar-refractivity contribution in [2.24, 2.45) is 11.7 Å². The van der Waals surface area contributed by atoms with Gasteiger partial charge in [0.25, 0.3) is 0 Å². The minimum atomic E-state index is -0.635. The Morgan fingerprint density at radius 3 is 2.50 bits per heavy atom. The zero-order valence-electron chi connectivity index (χ0n) is 8.09. The van der Waals surface area contributed by atoms with Gasteiger partial charge in [-0.2, -0.15) is 0 Å². The fraction of sp³-hybridized carbons (Fsp3) is 0.400. The van der Waals surface area contributed by atoms with Crippen molar-refractivity contribution in [3.05, 3.63) is 28.5 Å². The maximum absolute atomic E-state index is 12.9. The van der Waals surface area contributed by atoms with Crippen LogP contribution in [0, 0.1) is 11.7 Å². The first-order valence-electron chi connectivity index (χ1n) is 4.37. The predicted octanol–water partition coefficient (Wildman–Crippen LogP) is 2.84. The van der Waals surface area contributed by atoms with E-state index in [0.29, 0.717) is 5.56 Å². The summed E-state index contributed by atoms with van der Waals surface area (Å²) in [5.41, 5.74) is 6.29. The molecular formula is C10H13ClFNO. The van der Waals surface area contributed by atoms with E-state index in [4.69, 9.17) is 17.3 Å². The molecule has 1 aromatic carbocycles. The molecule has 4 heteroatoms. The van der Waals surface area contributed by atoms with Gasteiger partial charge in [-0.05, 0) is 12.0 Å². The lowest BCUT2D eigenvalue weighted by Gasteiger charge is -2.17. The number of hydrogen-bond acceptors (Lipinski definition) is 2. The first-order chi connectivity index (χ1) is 6.43. The molecule has 0 fully saturated rings. The maximum Gasteiger partial charge on any atom is 0.145 e. The number of phenols is 1. The smallest absolute Gasteiger partial charge is 0.145 e. The summed E-state index contributed by atoms with van der Waals surface area (Å²) in [4.78, 5) is 0. The quantitative estimate of drug-likeness (QED) is 0.800. The highest BCUT2D eigenvalue weighted by Crippen LogP contribution is 2.31. The second-order valence-corrected chi connectivity index (χ2v) is 4.00. The van der Waals surface area contributed by atoms with Crippen LogP contribution in [-0.4, -0.2) is 5.11 Å². The van der Waals surface area contributed by atoms with Crippen molar-refractivity contribution in [1.82, 2.24) is 0 Å². The zero-order chi connectivity index (χ0) is 10.9. The number of nitrogens with two attached hydrogens (primary N) is 1. The highest BCUT2D eigenvalue weighted by Gasteiger charge is 2.16. The van der Waals surface area contributed by atoms with Gasteiger partial charge in [0.2, 0.25) is 0 Å². The van der Waals surface area contributed by atoms with Gasteiger partial charge < -0.3 is 10.8 Å². The molecule has 3 N–H and O–H groups in total. The molecule has 1 aromatic rings. The standard InChI is InChI=1S/C10H13ClFNO/c1-5(2)10(13)6-3-7(11)8(12)4-9(6)14/h3-5,10,14H,13H2,1-2H3/t10-/m1/s1. The van der Waals surface area contributed by atoms with Crippen LogP contribution in [0.2, 0.25) is 5.02 Å². The van der Waals surface area contributed by atoms with Gasteiger partial charge in [-0.25, -0.2) is 4.39 Å². The van der Waals surface area contributed by atoms with Crippen molar-refractivity contribution in [3.8, 4) is 5.75 Å². The van der Waals surface area contributed by atoms with Crippen LogP contribution in [0.25, 0.3) is 0 Å². The van der Waals surface area contributed by atoms with E-state index < -0.39 is 5.82 Å². The molecule has 0 aromatic heterocycles. The molecule has 0 radical (unpaired) electrons. The molecule has 0 heterocycles. The highest BCUT2D eigenvalue weighted by molar-refractivity contribution is 6.30. The largest absolute Gasteiger partial charge is 0.508 e. The SMILES string of the molecule is CC(C)[C@@H](N)c1cc(Cl)c(F)cc1O. The lowest BCUT2D eigenvalue weighted by Crippen LogP contribution is -2.16. The fourth-order valence-corrected chi connectivity index (χ4v) is 1.35. The van der Waals surface area contributed by atoms with E-state index in [1.54, 1.807) is 0 Å². The Hall–Kier alpha value is -0.800. The Bertz CT molecular complexity index is 341. The molecule has 0 amide bonds. The Morgan fingerprint density at radius 2 is 2.00 bits per heavy atom. The molecule has 1 rings (SSSR count). The van der Waals surface area contributed by atoms with Gasteiger partial charge in [-0.3, -0.25) is 0 Å². The molecule has 14 heavy (non-hydrogen) atoms. The third kappa shape index (κ3) is 2.16. The summed E-state index contributed by atoms with van der Waals surface area (Å²) in [6.45, 7) is 3.84. The molecule has 0 saturated heterocycles. The summed E-state index contributed by atoms with van der Waals surface area (Å²) >= 11 is 5.59. The molecule has 0 aliphatic rings. The summed E-state index contributed by atoms with van der Waals surface area (Å²) in [6, 6.07) is 2.02. The third-order valence-corrected chi connectivity index (χ3v) is 2.44. The average Bonchev–Trinajstić information content (AvgIpc) is 2.10. The van der Waals surface area contributed by atoms with E-state index in [1.807, 2.05) is 13.8 Å². The molecule has 0 aliphatic heterocycles. The van der Waals surface area contributed by atoms with Crippen molar-refractivity contribution in [2.75, 3.05) is 0 Å². The molecule has 2 nitrogen and oxygen atoms in total. The first kappa shape index (κ1) is 11.3. The molecular weight excluding hydrogens is 205 g/mol. The molecule has 1 atom stereocenters. The van der Waals surface area contributed by atoms with Gasteiger partial charge in [0.15, 0.2) is 0 Å². The topological polar surface area (TPSA) is 46.2 Å². The van der Waals surface area contributed by atoms with Crippen molar-refractivity contribution < 1.29 is 9.50 Å². The Kier molecular flexibility index (Phi) is 3.34. The van der Waals surface area contributed by atoms with Crippen LogP contribution in [0.15, 0.2) is 12.1 Å². The molecule has 0 unspecified atom stereocenters. The first-order valence-corrected chi connectivity index (χ1v) is 4.74. The number of benzene rings is 1. The zero-order valence-corrected chi connectivity index (χ0v) is 8.85. The van der Waals surface area contributed by atoms with Gasteiger partial charge >= 0.3 is 0 Å². The Balaban J connectivity index is 3.15. The van der Waals surface area contributed by atoms with Crippen LogP contribution < -0.4 is 5.73 Å². The van der Waals surface area contributed by atoms with Crippen LogP contribution in [0.5, 0.6) is 5.75 Å². The van der Waals surface area contributed by atoms with Crippen LogP contribution in [0.1, 0.15) is 25.5 Å². The van der Waals surface area contributed by atoms with Crippen LogP contribution >= 0.6 is 11.6 Å². The summed E-state index contributed by atoms with van der Waals surface area (Å²) in [6.07, 6.45) is 0. The number of hydrogen-bond donors (Lipinski definition) is 2. The van der Waals surface area contributed by atoms with Crippen LogP contribution in [0.3, 0.4) is 0 Å². The van der Waals surface area contributed by atoms with Gasteiger partial charge in [0, 0.05) is 17.7 Å². The third-order valence-electron chi connectivity index (χ3n) is 2.15. The van der Waals surface area contributed by atoms with E-state index in [1.165, 1.54) is 6.07 Å². The Labute approximate surface area is 87.5 Å². The number of phenolic OH excluding ortho intramolecular Hbond substituents is 1. The second-order valence-electron chi connectivity index (χ2n) is 3.59. The van der Waals surface area contributed by atoms with E-state index in [2.05, 4.69) is 0 Å². The molecule has 0 saturated carbocycles. The van der Waals surface area contributed by atoms with Crippen molar-refractivity contribution >= 4 is 11.6 Å². The maximum atomic E-state index is 12.9. The van der Waals surface area contributed by atoms with Crippen LogP contribution in [-0.2, 0) is 0 Å². The normalized spacial score (nSPS) is 13.3. The minimum Gasteiger partial charge on any atom is -0.508 e. The monoisotopic (exact) mass is 217 g/mol. The minimum absolute atomic E-state index is 0.0195. The summed E-state index contributed by atoms with van der Waals surface area (Å²) in [5, 5.41) is 9.44. The lowest BCUT2D eigenvalue weighted by molar-refractivity contribution is 0.435. The van der Waals surface area contributed by atoms with Gasteiger partial charge in [-0.1, -0.05) is 25.4 Å². The van der Waals surface area contributed by atoms with E-state index in [-0.39, 0.29) is 22.7 Å². The van der Waals surface area contributed by atoms with Crippen molar-refractivity contribution in [2.45, 2.75) is 19.9 Å². The predicted molar refractivity (Wildman–Crippen MR) is 54.8 cm³/mol. The molecule has 0 bridgehead atoms. The number of rotatable bonds is 2. The summed E-state index contributed by atoms with van der Waals surface area (Å²) in [5.74, 6) is -0.626. The molecule has 0 spiro atoms. The van der Waals surface area contributed by atoms with Gasteiger partial charge in [0.05, 0.1) is 5.02 Å². The van der Waals surface area contributed by atoms with Gasteiger partial charge in [-0.15, -0.1) is 0 Å². The Morgan fingerprint density at radius 1 is 1.43 bits per heavy atom. The van der Waals surface area contributed by atoms with E-state index in [9.17, 15) is 9.50 Å². The second kappa shape index (κ2) is 4.15. The molecule has 0 aliphatic carbocycles. The van der Waals surface area contributed by atoms with E-state index in [0.717, 1.165) is 6.07 Å². The summed E-state index contributed by atoms with van der Waals surface area (Å²) in [7, 11) is 0. The van der Waals surface area contributed by atoms with Crippen molar-refractivity contribution in [3.63, 3.8) is 0 Å². The van der Waals surface area contributed by atoms with Gasteiger partial charge in [0.1, 0.15) is 11.6 Å². The highest BCUT2D eigenvalue weighted by atomic mass is 35.5. The number of halogens is 2. The van der Waals surface area contributed by atoms with Crippen molar-refractivity contribution in [1.29, 1.82) is 0 Å². The lowest BCUT2D eigenvalue weighted by atomic mass is 9.96. The fourth-order valence-electron chi connectivity index (χ4n) is 1.18. The summed E-state index contributed by atoms with van der Waals surface area (Å²) < 4.78 is 12.9.